The lowest BCUT2D eigenvalue weighted by atomic mass is 9.83. The van der Waals surface area contributed by atoms with Gasteiger partial charge in [0.05, 0.1) is 28.8 Å². The van der Waals surface area contributed by atoms with Crippen LogP contribution < -0.4 is 10.9 Å². The highest BCUT2D eigenvalue weighted by Crippen LogP contribution is 2.32. The number of H-pyrrole nitrogens is 1. The lowest BCUT2D eigenvalue weighted by molar-refractivity contribution is -0.150. The number of carbonyl (C=O) groups is 5. The molecule has 1 aromatic heterocycles. The SMILES string of the molecule is CCOC(=O)[C@H](C(=O)C(=O)Nc1cccc(C(F)(F)F)c1)c1nc2ccc3c(c2[nH]c1=O)C(=O)c1ccccc1C3=O. The zero-order chi connectivity index (χ0) is 30.3. The van der Waals surface area contributed by atoms with Crippen molar-refractivity contribution in [3.8, 4) is 0 Å². The Morgan fingerprint density at radius 2 is 1.62 bits per heavy atom. The van der Waals surface area contributed by atoms with Crippen molar-refractivity contribution in [2.45, 2.75) is 19.0 Å². The van der Waals surface area contributed by atoms with Crippen molar-refractivity contribution >= 4 is 45.9 Å². The summed E-state index contributed by atoms with van der Waals surface area (Å²) in [7, 11) is 0. The van der Waals surface area contributed by atoms with Crippen LogP contribution in [0.5, 0.6) is 0 Å². The van der Waals surface area contributed by atoms with Crippen LogP contribution >= 0.6 is 0 Å². The summed E-state index contributed by atoms with van der Waals surface area (Å²) in [6.45, 7) is 1.17. The summed E-state index contributed by atoms with van der Waals surface area (Å²) in [4.78, 5) is 84.8. The highest BCUT2D eigenvalue weighted by Gasteiger charge is 2.39. The van der Waals surface area contributed by atoms with Gasteiger partial charge in [-0.1, -0.05) is 30.3 Å². The van der Waals surface area contributed by atoms with E-state index in [1.807, 2.05) is 5.32 Å². The number of nitrogens with one attached hydrogen (secondary N) is 2. The minimum Gasteiger partial charge on any atom is -0.465 e. The second-order valence-electron chi connectivity index (χ2n) is 9.12. The van der Waals surface area contributed by atoms with Crippen molar-refractivity contribution in [2.75, 3.05) is 11.9 Å². The fraction of sp³-hybridized carbons (Fsp3) is 0.138. The first kappa shape index (κ1) is 28.1. The number of amides is 1. The molecule has 212 valence electrons. The van der Waals surface area contributed by atoms with E-state index in [4.69, 9.17) is 4.74 Å². The van der Waals surface area contributed by atoms with E-state index in [1.165, 1.54) is 31.2 Å². The molecule has 1 aliphatic rings. The van der Waals surface area contributed by atoms with Crippen LogP contribution in [-0.2, 0) is 25.3 Å². The number of anilines is 1. The van der Waals surface area contributed by atoms with E-state index >= 15 is 0 Å². The van der Waals surface area contributed by atoms with E-state index in [-0.39, 0.29) is 45.6 Å². The second-order valence-corrected chi connectivity index (χ2v) is 9.12. The van der Waals surface area contributed by atoms with Gasteiger partial charge in [0.25, 0.3) is 11.5 Å². The van der Waals surface area contributed by atoms with Crippen LogP contribution in [0.15, 0.2) is 65.5 Å². The van der Waals surface area contributed by atoms with Crippen LogP contribution in [0, 0.1) is 0 Å². The minimum atomic E-state index is -4.73. The molecule has 0 unspecified atom stereocenters. The summed E-state index contributed by atoms with van der Waals surface area (Å²) in [6.07, 6.45) is -4.73. The number of rotatable bonds is 6. The number of fused-ring (bicyclic) bond motifs is 4. The Morgan fingerprint density at radius 1 is 0.929 bits per heavy atom. The molecule has 0 radical (unpaired) electrons. The molecule has 13 heteroatoms. The summed E-state index contributed by atoms with van der Waals surface area (Å²) in [6, 6.07) is 12.2. The maximum Gasteiger partial charge on any atom is 0.416 e. The van der Waals surface area contributed by atoms with E-state index < -0.39 is 58.1 Å². The molecule has 1 heterocycles. The van der Waals surface area contributed by atoms with Gasteiger partial charge in [0, 0.05) is 22.4 Å². The molecule has 0 spiro atoms. The summed E-state index contributed by atoms with van der Waals surface area (Å²) in [5, 5.41) is 2.00. The van der Waals surface area contributed by atoms with Gasteiger partial charge in [0.15, 0.2) is 17.5 Å². The maximum atomic E-state index is 13.3. The molecule has 0 saturated carbocycles. The molecule has 4 aromatic rings. The van der Waals surface area contributed by atoms with Gasteiger partial charge < -0.3 is 15.0 Å². The number of ether oxygens (including phenoxy) is 1. The third kappa shape index (κ3) is 4.85. The smallest absolute Gasteiger partial charge is 0.416 e. The van der Waals surface area contributed by atoms with Gasteiger partial charge in [0.1, 0.15) is 5.69 Å². The van der Waals surface area contributed by atoms with Gasteiger partial charge >= 0.3 is 12.1 Å². The van der Waals surface area contributed by atoms with Crippen molar-refractivity contribution in [1.29, 1.82) is 0 Å². The van der Waals surface area contributed by atoms with Crippen LogP contribution in [-0.4, -0.2) is 45.8 Å². The Hall–Kier alpha value is -5.46. The van der Waals surface area contributed by atoms with Gasteiger partial charge in [-0.05, 0) is 37.3 Å². The van der Waals surface area contributed by atoms with Crippen LogP contribution in [0.4, 0.5) is 18.9 Å². The van der Waals surface area contributed by atoms with Crippen LogP contribution in [0.3, 0.4) is 0 Å². The van der Waals surface area contributed by atoms with Gasteiger partial charge in [0.2, 0.25) is 5.78 Å². The first-order chi connectivity index (χ1) is 19.9. The van der Waals surface area contributed by atoms with Gasteiger partial charge in [-0.25, -0.2) is 4.98 Å². The zero-order valence-electron chi connectivity index (χ0n) is 21.5. The van der Waals surface area contributed by atoms with Crippen molar-refractivity contribution in [2.24, 2.45) is 0 Å². The molecule has 5 rings (SSSR count). The Labute approximate surface area is 233 Å². The molecule has 3 aromatic carbocycles. The third-order valence-electron chi connectivity index (χ3n) is 6.51. The number of benzene rings is 3. The number of hydrogen-bond acceptors (Lipinski definition) is 8. The van der Waals surface area contributed by atoms with E-state index in [1.54, 1.807) is 12.1 Å². The largest absolute Gasteiger partial charge is 0.465 e. The Kier molecular flexibility index (Phi) is 7.02. The standard InChI is InChI=1S/C29H18F3N3O7/c1-2-42-28(41)20(25(38)27(40)33-14-7-5-6-13(12-14)29(30,31)32)22-26(39)35-21-18(34-22)11-10-17-19(21)24(37)16-9-4-3-8-15(16)23(17)36/h3-12,20H,2H2,1H3,(H,33,40)(H,35,39)/t20-/m0/s1. The predicted octanol–water partition coefficient (Wildman–Crippen LogP) is 3.57. The predicted molar refractivity (Wildman–Crippen MR) is 140 cm³/mol. The molecule has 1 amide bonds. The number of nitrogens with zero attached hydrogens (tertiary/aromatic N) is 1. The molecule has 0 fully saturated rings. The third-order valence-corrected chi connectivity index (χ3v) is 6.51. The summed E-state index contributed by atoms with van der Waals surface area (Å²) in [5.74, 6) is -7.56. The Morgan fingerprint density at radius 3 is 2.29 bits per heavy atom. The number of halogens is 3. The number of esters is 1. The zero-order valence-corrected chi connectivity index (χ0v) is 21.5. The summed E-state index contributed by atoms with van der Waals surface area (Å²) in [5.41, 5.74) is -3.40. The lowest BCUT2D eigenvalue weighted by Gasteiger charge is -2.19. The Bertz CT molecular complexity index is 1900. The first-order valence-electron chi connectivity index (χ1n) is 12.4. The van der Waals surface area contributed by atoms with Crippen molar-refractivity contribution in [3.63, 3.8) is 0 Å². The Balaban J connectivity index is 1.56. The second kappa shape index (κ2) is 10.5. The first-order valence-corrected chi connectivity index (χ1v) is 12.4. The molecule has 2 N–H and O–H groups in total. The van der Waals surface area contributed by atoms with Crippen molar-refractivity contribution in [1.82, 2.24) is 9.97 Å². The fourth-order valence-corrected chi connectivity index (χ4v) is 4.61. The van der Waals surface area contributed by atoms with Gasteiger partial charge in [-0.3, -0.25) is 28.8 Å². The molecule has 42 heavy (non-hydrogen) atoms. The average Bonchev–Trinajstić information content (AvgIpc) is 2.95. The monoisotopic (exact) mass is 577 g/mol. The number of carbonyl (C=O) groups excluding carboxylic acids is 5. The number of aromatic nitrogens is 2. The number of aromatic amines is 1. The molecule has 1 atom stereocenters. The quantitative estimate of drug-likeness (QED) is 0.177. The van der Waals surface area contributed by atoms with Crippen molar-refractivity contribution in [3.05, 3.63) is 105 Å². The van der Waals surface area contributed by atoms with Gasteiger partial charge in [-0.2, -0.15) is 13.2 Å². The van der Waals surface area contributed by atoms with E-state index in [9.17, 15) is 41.9 Å². The number of ketones is 3. The highest BCUT2D eigenvalue weighted by atomic mass is 19.4. The molecular weight excluding hydrogens is 559 g/mol. The average molecular weight is 577 g/mol. The number of alkyl halides is 3. The van der Waals surface area contributed by atoms with Crippen LogP contribution in [0.25, 0.3) is 11.0 Å². The van der Waals surface area contributed by atoms with Crippen LogP contribution in [0.1, 0.15) is 55.9 Å². The van der Waals surface area contributed by atoms with Gasteiger partial charge in [-0.15, -0.1) is 0 Å². The van der Waals surface area contributed by atoms with E-state index in [0.717, 1.165) is 18.2 Å². The topological polar surface area (TPSA) is 152 Å². The molecular formula is C29H18F3N3O7. The highest BCUT2D eigenvalue weighted by molar-refractivity contribution is 6.45. The molecule has 0 saturated heterocycles. The summed E-state index contributed by atoms with van der Waals surface area (Å²) < 4.78 is 44.1. The van der Waals surface area contributed by atoms with E-state index in [0.29, 0.717) is 6.07 Å². The minimum absolute atomic E-state index is 0.00915. The van der Waals surface area contributed by atoms with Crippen molar-refractivity contribution < 1.29 is 41.9 Å². The van der Waals surface area contributed by atoms with Crippen LogP contribution in [0.2, 0.25) is 0 Å². The maximum absolute atomic E-state index is 13.3. The summed E-state index contributed by atoms with van der Waals surface area (Å²) >= 11 is 0. The number of Topliss-reactive ketones (excluding diaryl/α,β-unsaturated/α-hetero) is 1. The molecule has 10 nitrogen and oxygen atoms in total. The molecule has 1 aliphatic carbocycles. The fourth-order valence-electron chi connectivity index (χ4n) is 4.61. The normalized spacial score (nSPS) is 13.2. The molecule has 0 aliphatic heterocycles. The lowest BCUT2D eigenvalue weighted by Crippen LogP contribution is -2.37. The van der Waals surface area contributed by atoms with E-state index in [2.05, 4.69) is 9.97 Å². The number of hydrogen-bond donors (Lipinski definition) is 2. The molecule has 0 bridgehead atoms.